The van der Waals surface area contributed by atoms with Crippen LogP contribution in [0.4, 0.5) is 22.7 Å². The first-order valence-electron chi connectivity index (χ1n) is 31.0. The van der Waals surface area contributed by atoms with Gasteiger partial charge < -0.3 is 30.7 Å². The number of para-hydroxylation sites is 2. The molecular formula is C72H84N4O18S4. The maximum Gasteiger partial charge on any atom is 0.298 e. The first-order chi connectivity index (χ1) is 46.3. The van der Waals surface area contributed by atoms with Crippen LogP contribution in [0.1, 0.15) is 168 Å². The molecule has 4 amide bonds. The van der Waals surface area contributed by atoms with Crippen molar-refractivity contribution in [3.05, 3.63) is 226 Å². The summed E-state index contributed by atoms with van der Waals surface area (Å²) in [4.78, 5) is 48.5. The first-order valence-corrected chi connectivity index (χ1v) is 36.7. The summed E-state index contributed by atoms with van der Waals surface area (Å²) in [5, 5.41) is 10.3. The van der Waals surface area contributed by atoms with Gasteiger partial charge in [-0.15, -0.1) is 0 Å². The molecule has 0 saturated heterocycles. The Hall–Kier alpha value is -9.12. The molecular weight excluding hydrogens is 1340 g/mol. The van der Waals surface area contributed by atoms with Crippen molar-refractivity contribution in [3.63, 3.8) is 0 Å². The largest absolute Gasteiger partial charge is 0.497 e. The van der Waals surface area contributed by atoms with Gasteiger partial charge in [-0.3, -0.25) is 36.6 Å². The van der Waals surface area contributed by atoms with Crippen molar-refractivity contribution in [2.75, 3.05) is 49.7 Å². The molecule has 0 aliphatic carbocycles. The third kappa shape index (κ3) is 22.5. The van der Waals surface area contributed by atoms with Gasteiger partial charge in [-0.1, -0.05) is 128 Å². The van der Waals surface area contributed by atoms with E-state index in [1.165, 1.54) is 68.8 Å². The third-order valence-electron chi connectivity index (χ3n) is 16.1. The number of amides is 4. The van der Waals surface area contributed by atoms with E-state index in [1.54, 1.807) is 72.8 Å². The van der Waals surface area contributed by atoms with Crippen LogP contribution in [-0.4, -0.2) is 94.8 Å². The fraction of sp³-hybridized carbons (Fsp3) is 0.278. The van der Waals surface area contributed by atoms with Crippen molar-refractivity contribution in [2.24, 2.45) is 0 Å². The third-order valence-corrected chi connectivity index (χ3v) is 20.5. The van der Waals surface area contributed by atoms with Crippen LogP contribution >= 0.6 is 0 Å². The van der Waals surface area contributed by atoms with Crippen LogP contribution in [0.3, 0.4) is 0 Å². The number of benzene rings is 8. The van der Waals surface area contributed by atoms with E-state index in [0.717, 1.165) is 68.2 Å². The monoisotopic (exact) mass is 1420 g/mol. The molecule has 4 unspecified atom stereocenters. The van der Waals surface area contributed by atoms with Crippen LogP contribution < -0.4 is 30.7 Å². The lowest BCUT2D eigenvalue weighted by Gasteiger charge is -2.13. The standard InChI is InChI=1S/C19H23NO5S.C18H21NO5S.C18H21NO4S.C17H19NO4S/c1-5-13(2)14-6-8-15(9-7-14)19(21)20-17-11-10-16(24-3)12-18(17)26(22,23)25-4;1-4-12(2)13-5-7-14(8-6-13)18(20)19-16-10-9-15(24-3)11-17(16)25(21,22)23;1-4-13(2)14-9-11-15(12-10-14)18(20)19-16-7-5-6-8-17(16)24(21,22)23-3;1-3-12(2)13-8-10-14(11-9-13)17(19)18-15-6-4-5-7-16(15)23(20,21)22/h6-13H,5H2,1-4H3,(H,20,21);5-12H,4H2,1-3H3,(H,19,20)(H,21,22,23);5-13H,4H2,1-3H3,(H,19,20);4-12H,3H2,1-2H3,(H,18,19)(H,20,21,22). The molecule has 98 heavy (non-hydrogen) atoms. The molecule has 8 aromatic rings. The zero-order chi connectivity index (χ0) is 72.7. The molecule has 524 valence electrons. The number of methoxy groups -OCH3 is 2. The van der Waals surface area contributed by atoms with Gasteiger partial charge in [-0.25, -0.2) is 0 Å². The van der Waals surface area contributed by atoms with Crippen molar-refractivity contribution in [1.82, 2.24) is 0 Å². The molecule has 22 nitrogen and oxygen atoms in total. The minimum atomic E-state index is -4.51. The Morgan fingerprint density at radius 2 is 0.582 bits per heavy atom. The molecule has 0 radical (unpaired) electrons. The van der Waals surface area contributed by atoms with Gasteiger partial charge in [0.25, 0.3) is 64.1 Å². The van der Waals surface area contributed by atoms with Crippen molar-refractivity contribution >= 4 is 86.9 Å². The number of hydrogen-bond acceptors (Lipinski definition) is 16. The number of nitrogens with one attached hydrogen (secondary N) is 4. The molecule has 0 aliphatic heterocycles. The van der Waals surface area contributed by atoms with E-state index in [2.05, 4.69) is 85.0 Å². The maximum absolute atomic E-state index is 12.5. The smallest absolute Gasteiger partial charge is 0.298 e. The van der Waals surface area contributed by atoms with E-state index in [4.69, 9.17) is 9.47 Å². The molecule has 0 bridgehead atoms. The number of ether oxygens (including phenoxy) is 2. The van der Waals surface area contributed by atoms with Crippen LogP contribution in [0.2, 0.25) is 0 Å². The van der Waals surface area contributed by atoms with Crippen molar-refractivity contribution in [2.45, 2.75) is 124 Å². The van der Waals surface area contributed by atoms with Gasteiger partial charge in [-0.05, 0) is 169 Å². The summed E-state index contributed by atoms with van der Waals surface area (Å²) in [6, 6.07) is 49.1. The number of hydrogen-bond donors (Lipinski definition) is 6. The summed E-state index contributed by atoms with van der Waals surface area (Å²) in [6.07, 6.45) is 4.03. The minimum Gasteiger partial charge on any atom is -0.497 e. The SMILES string of the molecule is CCC(C)c1ccc(C(=O)Nc2ccc(OC)cc2S(=O)(=O)O)cc1.CCC(C)c1ccc(C(=O)Nc2ccc(OC)cc2S(=O)(=O)OC)cc1.CCC(C)c1ccc(C(=O)Nc2ccccc2S(=O)(=O)O)cc1.CCC(C)c1ccc(C(=O)Nc2ccccc2S(=O)(=O)OC)cc1. The topological polar surface area (TPSA) is 330 Å². The van der Waals surface area contributed by atoms with Gasteiger partial charge in [0.1, 0.15) is 31.1 Å². The summed E-state index contributed by atoms with van der Waals surface area (Å²) >= 11 is 0. The Balaban J connectivity index is 0.000000236. The Morgan fingerprint density at radius 3 is 0.857 bits per heavy atom. The Morgan fingerprint density at radius 1 is 0.337 bits per heavy atom. The van der Waals surface area contributed by atoms with Crippen molar-refractivity contribution in [3.8, 4) is 11.5 Å². The Kier molecular flexibility index (Phi) is 29.6. The first kappa shape index (κ1) is 79.6. The van der Waals surface area contributed by atoms with Gasteiger partial charge in [0, 0.05) is 34.4 Å². The van der Waals surface area contributed by atoms with E-state index in [0.29, 0.717) is 51.7 Å². The van der Waals surface area contributed by atoms with E-state index < -0.39 is 63.1 Å². The average molecular weight is 1420 g/mol. The highest BCUT2D eigenvalue weighted by Gasteiger charge is 2.24. The minimum absolute atomic E-state index is 0.0145. The van der Waals surface area contributed by atoms with Gasteiger partial charge in [-0.2, -0.15) is 33.7 Å². The molecule has 0 saturated carbocycles. The summed E-state index contributed by atoms with van der Waals surface area (Å²) in [6.45, 7) is 16.9. The number of anilines is 4. The summed E-state index contributed by atoms with van der Waals surface area (Å²) < 4.78 is 132. The summed E-state index contributed by atoms with van der Waals surface area (Å²) in [7, 11) is -11.9. The molecule has 8 rings (SSSR count). The zero-order valence-electron chi connectivity index (χ0n) is 56.5. The van der Waals surface area contributed by atoms with Gasteiger partial charge in [0.15, 0.2) is 0 Å². The van der Waals surface area contributed by atoms with Crippen LogP contribution in [0.25, 0.3) is 0 Å². The quantitative estimate of drug-likeness (QED) is 0.0242. The second-order valence-corrected chi connectivity index (χ2v) is 28.6. The fourth-order valence-electron chi connectivity index (χ4n) is 9.22. The zero-order valence-corrected chi connectivity index (χ0v) is 59.8. The van der Waals surface area contributed by atoms with Crippen LogP contribution in [-0.2, 0) is 48.8 Å². The Bertz CT molecular complexity index is 4500. The predicted octanol–water partition coefficient (Wildman–Crippen LogP) is 15.0. The molecule has 6 N–H and O–H groups in total. The second-order valence-electron chi connectivity index (χ2n) is 22.4. The highest BCUT2D eigenvalue weighted by molar-refractivity contribution is 7.87. The highest BCUT2D eigenvalue weighted by atomic mass is 32.2. The average Bonchev–Trinajstić information content (AvgIpc) is 0.850. The fourth-order valence-corrected chi connectivity index (χ4v) is 12.2. The van der Waals surface area contributed by atoms with E-state index in [9.17, 15) is 62.0 Å². The lowest BCUT2D eigenvalue weighted by Crippen LogP contribution is -2.15. The number of rotatable bonds is 24. The van der Waals surface area contributed by atoms with Gasteiger partial charge in [0.2, 0.25) is 0 Å². The van der Waals surface area contributed by atoms with Crippen molar-refractivity contribution < 1.29 is 79.8 Å². The Labute approximate surface area is 575 Å². The molecule has 0 aromatic heterocycles. The van der Waals surface area contributed by atoms with E-state index in [-0.39, 0.29) is 49.1 Å². The lowest BCUT2D eigenvalue weighted by atomic mass is 9.97. The van der Waals surface area contributed by atoms with Crippen LogP contribution in [0.5, 0.6) is 11.5 Å². The summed E-state index contributed by atoms with van der Waals surface area (Å²) in [5.41, 5.74) is 6.65. The highest BCUT2D eigenvalue weighted by Crippen LogP contribution is 2.31. The molecule has 0 heterocycles. The number of carbonyl (C=O) groups is 4. The predicted molar refractivity (Wildman–Crippen MR) is 379 cm³/mol. The molecule has 0 aliphatic rings. The molecule has 0 spiro atoms. The van der Waals surface area contributed by atoms with E-state index in [1.807, 2.05) is 48.5 Å². The van der Waals surface area contributed by atoms with Crippen LogP contribution in [0.15, 0.2) is 202 Å². The normalized spacial score (nSPS) is 12.6. The maximum atomic E-state index is 12.5. The molecule has 8 aromatic carbocycles. The number of carbonyl (C=O) groups excluding carboxylic acids is 4. The molecule has 4 atom stereocenters. The van der Waals surface area contributed by atoms with Gasteiger partial charge in [0.05, 0.1) is 51.2 Å². The molecule has 26 heteroatoms. The van der Waals surface area contributed by atoms with Crippen molar-refractivity contribution in [1.29, 1.82) is 0 Å². The van der Waals surface area contributed by atoms with E-state index >= 15 is 0 Å². The lowest BCUT2D eigenvalue weighted by molar-refractivity contribution is 0.101. The molecule has 0 fully saturated rings. The van der Waals surface area contributed by atoms with Crippen LogP contribution in [0, 0.1) is 0 Å². The second kappa shape index (κ2) is 36.5. The summed E-state index contributed by atoms with van der Waals surface area (Å²) in [5.74, 6) is 0.560. The van der Waals surface area contributed by atoms with Gasteiger partial charge >= 0.3 is 0 Å².